The van der Waals surface area contributed by atoms with Crippen molar-refractivity contribution in [1.29, 1.82) is 0 Å². The number of carbonyl (C=O) groups excluding carboxylic acids is 2. The average Bonchev–Trinajstić information content (AvgIpc) is 3.00. The van der Waals surface area contributed by atoms with Gasteiger partial charge in [-0.25, -0.2) is 9.18 Å². The summed E-state index contributed by atoms with van der Waals surface area (Å²) in [6, 6.07) is 8.63. The summed E-state index contributed by atoms with van der Waals surface area (Å²) < 4.78 is 39.8. The van der Waals surface area contributed by atoms with E-state index in [9.17, 15) is 14.1 Å². The largest absolute Gasteiger partial charge is 0.491 e. The van der Waals surface area contributed by atoms with Crippen LogP contribution in [0.15, 0.2) is 30.3 Å². The van der Waals surface area contributed by atoms with E-state index in [1.54, 1.807) is 37.8 Å². The third kappa shape index (κ3) is 7.86. The van der Waals surface area contributed by atoms with Crippen molar-refractivity contribution < 1.29 is 38.0 Å². The van der Waals surface area contributed by atoms with Gasteiger partial charge in [0, 0.05) is 28.7 Å². The van der Waals surface area contributed by atoms with Gasteiger partial charge in [0.25, 0.3) is 5.91 Å². The maximum atomic E-state index is 15.4. The first-order chi connectivity index (χ1) is 21.6. The van der Waals surface area contributed by atoms with E-state index in [2.05, 4.69) is 4.94 Å². The van der Waals surface area contributed by atoms with Gasteiger partial charge in [-0.15, -0.1) is 0 Å². The van der Waals surface area contributed by atoms with Crippen LogP contribution in [-0.4, -0.2) is 46.7 Å². The number of benzene rings is 3. The topological polar surface area (TPSA) is 85.3 Å². The third-order valence-electron chi connectivity index (χ3n) is 8.23. The summed E-state index contributed by atoms with van der Waals surface area (Å²) in [7, 11) is 0. The molecule has 0 unspecified atom stereocenters. The summed E-state index contributed by atoms with van der Waals surface area (Å²) >= 11 is 0. The highest BCUT2D eigenvalue weighted by molar-refractivity contribution is 5.95. The van der Waals surface area contributed by atoms with Gasteiger partial charge in [-0.1, -0.05) is 6.07 Å². The van der Waals surface area contributed by atoms with Crippen molar-refractivity contribution in [1.82, 2.24) is 4.90 Å². The molecule has 248 valence electrons. The molecule has 0 fully saturated rings. The lowest BCUT2D eigenvalue weighted by molar-refractivity contribution is -0.182. The number of carbonyl (C=O) groups is 2. The normalized spacial score (nSPS) is 14.0. The fourth-order valence-corrected chi connectivity index (χ4v) is 6.27. The van der Waals surface area contributed by atoms with Crippen LogP contribution in [0.25, 0.3) is 11.1 Å². The molecule has 0 aromatic heterocycles. The Balaban J connectivity index is 0.000000892. The first kappa shape index (κ1) is 34.9. The van der Waals surface area contributed by atoms with Crippen molar-refractivity contribution in [3.63, 3.8) is 0 Å². The van der Waals surface area contributed by atoms with Gasteiger partial charge in [-0.05, 0) is 143 Å². The maximum absolute atomic E-state index is 15.4. The van der Waals surface area contributed by atoms with Crippen molar-refractivity contribution >= 4 is 11.9 Å². The number of nitrogens with zero attached hydrogens (tertiary/aromatic N) is 1. The van der Waals surface area contributed by atoms with E-state index in [1.807, 2.05) is 46.8 Å². The standard InChI is InChI=1S/C33H35F2NO5.C4H10O/c1-18(2)40-23-9-6-8-22(14-23)33(38)36-12-11-24-19(3)27(16-30(37)41-35)31(21(5)28(24)17-36)26-15-29(34)32-25(20(26)4)10-7-13-39-32;1-4(2,3)5/h6,8-9,14-15,18H,7,10-13,16-17H2,1-5H3;5H,1-3H3. The Morgan fingerprint density at radius 3 is 2.37 bits per heavy atom. The highest BCUT2D eigenvalue weighted by Crippen LogP contribution is 2.43. The molecule has 0 atom stereocenters. The van der Waals surface area contributed by atoms with Crippen LogP contribution in [0.3, 0.4) is 0 Å². The lowest BCUT2D eigenvalue weighted by Crippen LogP contribution is -2.37. The van der Waals surface area contributed by atoms with Gasteiger partial charge >= 0.3 is 5.97 Å². The van der Waals surface area contributed by atoms with E-state index in [-0.39, 0.29) is 24.2 Å². The van der Waals surface area contributed by atoms with Crippen molar-refractivity contribution in [3.8, 4) is 22.6 Å². The highest BCUT2D eigenvalue weighted by Gasteiger charge is 2.31. The van der Waals surface area contributed by atoms with Gasteiger partial charge in [0.05, 0.1) is 24.7 Å². The third-order valence-corrected chi connectivity index (χ3v) is 8.23. The molecule has 1 N–H and O–H groups in total. The summed E-state index contributed by atoms with van der Waals surface area (Å²) in [5.74, 6) is -0.675. The molecular formula is C37H45F2NO6. The number of aliphatic hydroxyl groups is 1. The second kappa shape index (κ2) is 14.2. The molecule has 5 rings (SSSR count). The number of ether oxygens (including phenoxy) is 2. The lowest BCUT2D eigenvalue weighted by Gasteiger charge is -2.34. The minimum Gasteiger partial charge on any atom is -0.491 e. The summed E-state index contributed by atoms with van der Waals surface area (Å²) in [6.07, 6.45) is 1.72. The zero-order chi connectivity index (χ0) is 33.9. The van der Waals surface area contributed by atoms with E-state index in [0.29, 0.717) is 60.5 Å². The molecule has 2 aliphatic heterocycles. The van der Waals surface area contributed by atoms with Crippen LogP contribution in [0.2, 0.25) is 0 Å². The van der Waals surface area contributed by atoms with E-state index in [4.69, 9.17) is 14.6 Å². The molecular weight excluding hydrogens is 592 g/mol. The predicted octanol–water partition coefficient (Wildman–Crippen LogP) is 7.48. The zero-order valence-electron chi connectivity index (χ0n) is 28.1. The quantitative estimate of drug-likeness (QED) is 0.302. The van der Waals surface area contributed by atoms with E-state index in [1.165, 1.54) is 6.07 Å². The Morgan fingerprint density at radius 1 is 1.02 bits per heavy atom. The van der Waals surface area contributed by atoms with Gasteiger partial charge in [0.15, 0.2) is 11.6 Å². The molecule has 3 aromatic carbocycles. The minimum atomic E-state index is -1.01. The number of halogens is 2. The molecule has 1 amide bonds. The molecule has 9 heteroatoms. The molecule has 2 heterocycles. The zero-order valence-corrected chi connectivity index (χ0v) is 28.1. The van der Waals surface area contributed by atoms with Crippen LogP contribution in [-0.2, 0) is 35.5 Å². The van der Waals surface area contributed by atoms with Crippen LogP contribution >= 0.6 is 0 Å². The Kier molecular flexibility index (Phi) is 10.8. The molecule has 2 aliphatic rings. The molecule has 7 nitrogen and oxygen atoms in total. The fourth-order valence-electron chi connectivity index (χ4n) is 6.27. The molecule has 3 aromatic rings. The van der Waals surface area contributed by atoms with Crippen molar-refractivity contribution in [2.45, 2.75) is 99.3 Å². The number of amides is 1. The number of fused-ring (bicyclic) bond motifs is 2. The van der Waals surface area contributed by atoms with E-state index >= 15 is 4.39 Å². The van der Waals surface area contributed by atoms with Gasteiger partial charge < -0.3 is 19.5 Å². The van der Waals surface area contributed by atoms with Gasteiger partial charge in [-0.3, -0.25) is 9.74 Å². The second-order valence-electron chi connectivity index (χ2n) is 13.3. The molecule has 0 spiro atoms. The first-order valence-electron chi connectivity index (χ1n) is 15.8. The summed E-state index contributed by atoms with van der Waals surface area (Å²) in [5, 5.41) is 8.52. The Morgan fingerprint density at radius 2 is 1.72 bits per heavy atom. The van der Waals surface area contributed by atoms with Gasteiger partial charge in [0.1, 0.15) is 5.75 Å². The SMILES string of the molecule is CC(C)(C)O.Cc1c(-c2c(C)c3c(c(C)c2CC(=O)OF)CCN(C(=O)c2cccc(OC(C)C)c2)C3)cc(F)c2c1CCCO2. The molecule has 46 heavy (non-hydrogen) atoms. The minimum absolute atomic E-state index is 0.0152. The van der Waals surface area contributed by atoms with Crippen molar-refractivity contribution in [2.24, 2.45) is 0 Å². The molecule has 0 saturated carbocycles. The monoisotopic (exact) mass is 637 g/mol. The lowest BCUT2D eigenvalue weighted by atomic mass is 9.79. The van der Waals surface area contributed by atoms with Gasteiger partial charge in [-0.2, -0.15) is 0 Å². The van der Waals surface area contributed by atoms with Crippen LogP contribution in [0.1, 0.15) is 90.3 Å². The number of hydrogen-bond donors (Lipinski definition) is 1. The Bertz CT molecular complexity index is 1620. The smallest absolute Gasteiger partial charge is 0.353 e. The van der Waals surface area contributed by atoms with E-state index < -0.39 is 17.4 Å². The van der Waals surface area contributed by atoms with Crippen molar-refractivity contribution in [2.75, 3.05) is 13.2 Å². The summed E-state index contributed by atoms with van der Waals surface area (Å²) in [5.41, 5.74) is 7.28. The summed E-state index contributed by atoms with van der Waals surface area (Å²) in [4.78, 5) is 31.2. The van der Waals surface area contributed by atoms with E-state index in [0.717, 1.165) is 39.8 Å². The molecule has 0 bridgehead atoms. The Hall–Kier alpha value is -3.98. The number of rotatable bonds is 6. The first-order valence-corrected chi connectivity index (χ1v) is 15.8. The van der Waals surface area contributed by atoms with Crippen LogP contribution < -0.4 is 9.47 Å². The Labute approximate surface area is 270 Å². The van der Waals surface area contributed by atoms with Crippen LogP contribution in [0, 0.1) is 26.6 Å². The average molecular weight is 638 g/mol. The fraction of sp³-hybridized carbons (Fsp3) is 0.459. The number of hydrogen-bond acceptors (Lipinski definition) is 6. The molecule has 0 saturated heterocycles. The molecule has 0 aliphatic carbocycles. The highest BCUT2D eigenvalue weighted by atomic mass is 19.3. The summed E-state index contributed by atoms with van der Waals surface area (Å²) in [6.45, 7) is 16.2. The van der Waals surface area contributed by atoms with Crippen molar-refractivity contribution in [3.05, 3.63) is 80.7 Å². The van der Waals surface area contributed by atoms with Gasteiger partial charge in [0.2, 0.25) is 0 Å². The van der Waals surface area contributed by atoms with Crippen LogP contribution in [0.4, 0.5) is 8.92 Å². The van der Waals surface area contributed by atoms with Crippen LogP contribution in [0.5, 0.6) is 11.5 Å². The second-order valence-corrected chi connectivity index (χ2v) is 13.3. The predicted molar refractivity (Wildman–Crippen MR) is 173 cm³/mol. The maximum Gasteiger partial charge on any atom is 0.353 e. The molecule has 0 radical (unpaired) electrons.